The van der Waals surface area contributed by atoms with Crippen LogP contribution in [0.15, 0.2) is 17.0 Å². The second-order valence-electron chi connectivity index (χ2n) is 7.01. The molecule has 1 aliphatic carbocycles. The van der Waals surface area contributed by atoms with Crippen molar-refractivity contribution in [2.24, 2.45) is 0 Å². The standard InChI is InChI=1S/C19H23ClO4S/c1-11(2)24-16-8-9-25(22,23)19-12(3)10-14(18(20)17(16)19)13-6-4-5-7-15(13)21/h6,10-11,16H,4-5,7-9H2,1-3H3. The minimum atomic E-state index is -3.39. The van der Waals surface area contributed by atoms with Gasteiger partial charge in [0.15, 0.2) is 15.6 Å². The van der Waals surface area contributed by atoms with Crippen molar-refractivity contribution in [3.05, 3.63) is 33.9 Å². The lowest BCUT2D eigenvalue weighted by Crippen LogP contribution is -2.25. The van der Waals surface area contributed by atoms with E-state index in [0.717, 1.165) is 12.8 Å². The Morgan fingerprint density at radius 3 is 2.68 bits per heavy atom. The number of hydrogen-bond donors (Lipinski definition) is 0. The lowest BCUT2D eigenvalue weighted by molar-refractivity contribution is -0.114. The number of aryl methyl sites for hydroxylation is 1. The van der Waals surface area contributed by atoms with Gasteiger partial charge in [-0.25, -0.2) is 8.42 Å². The van der Waals surface area contributed by atoms with E-state index in [9.17, 15) is 13.2 Å². The van der Waals surface area contributed by atoms with E-state index < -0.39 is 9.84 Å². The second kappa shape index (κ2) is 6.86. The fraction of sp³-hybridized carbons (Fsp3) is 0.526. The summed E-state index contributed by atoms with van der Waals surface area (Å²) in [5, 5.41) is 0.344. The molecule has 3 rings (SSSR count). The number of ether oxygens (including phenoxy) is 1. The topological polar surface area (TPSA) is 60.4 Å². The lowest BCUT2D eigenvalue weighted by atomic mass is 9.89. The fourth-order valence-electron chi connectivity index (χ4n) is 3.69. The first-order chi connectivity index (χ1) is 11.7. The maximum atomic E-state index is 12.6. The molecular formula is C19H23ClO4S. The Morgan fingerprint density at radius 2 is 2.04 bits per heavy atom. The van der Waals surface area contributed by atoms with E-state index >= 15 is 0 Å². The average Bonchev–Trinajstić information content (AvgIpc) is 2.52. The highest BCUT2D eigenvalue weighted by Crippen LogP contribution is 2.45. The van der Waals surface area contributed by atoms with Crippen LogP contribution < -0.4 is 0 Å². The van der Waals surface area contributed by atoms with Crippen LogP contribution in [0, 0.1) is 6.92 Å². The molecule has 1 aliphatic heterocycles. The van der Waals surface area contributed by atoms with Crippen LogP contribution in [-0.2, 0) is 19.4 Å². The van der Waals surface area contributed by atoms with Crippen LogP contribution >= 0.6 is 11.6 Å². The van der Waals surface area contributed by atoms with Crippen LogP contribution in [0.5, 0.6) is 0 Å². The van der Waals surface area contributed by atoms with E-state index in [-0.39, 0.29) is 28.6 Å². The molecule has 4 nitrogen and oxygen atoms in total. The van der Waals surface area contributed by atoms with Gasteiger partial charge in [0.2, 0.25) is 0 Å². The summed E-state index contributed by atoms with van der Waals surface area (Å²) in [5.74, 6) is 0.114. The highest BCUT2D eigenvalue weighted by molar-refractivity contribution is 7.91. The lowest BCUT2D eigenvalue weighted by Gasteiger charge is -2.30. The van der Waals surface area contributed by atoms with E-state index in [2.05, 4.69) is 0 Å². The van der Waals surface area contributed by atoms with Gasteiger partial charge in [-0.2, -0.15) is 0 Å². The second-order valence-corrected chi connectivity index (χ2v) is 9.44. The molecule has 0 fully saturated rings. The maximum Gasteiger partial charge on any atom is 0.179 e. The van der Waals surface area contributed by atoms with Gasteiger partial charge in [-0.1, -0.05) is 17.7 Å². The molecule has 0 saturated carbocycles. The van der Waals surface area contributed by atoms with Gasteiger partial charge >= 0.3 is 0 Å². The van der Waals surface area contributed by atoms with Crippen molar-refractivity contribution in [2.75, 3.05) is 5.75 Å². The number of carbonyl (C=O) groups excluding carboxylic acids is 1. The summed E-state index contributed by atoms with van der Waals surface area (Å²) in [5.41, 5.74) is 2.40. The zero-order chi connectivity index (χ0) is 18.4. The van der Waals surface area contributed by atoms with Crippen LogP contribution in [0.25, 0.3) is 5.57 Å². The molecule has 6 heteroatoms. The molecule has 2 aliphatic rings. The predicted octanol–water partition coefficient (Wildman–Crippen LogP) is 4.43. The van der Waals surface area contributed by atoms with E-state index in [0.29, 0.717) is 40.1 Å². The number of fused-ring (bicyclic) bond motifs is 1. The number of carbonyl (C=O) groups is 1. The Morgan fingerprint density at radius 1 is 1.32 bits per heavy atom. The summed E-state index contributed by atoms with van der Waals surface area (Å²) in [6, 6.07) is 1.74. The third-order valence-electron chi connectivity index (χ3n) is 4.70. The maximum absolute atomic E-state index is 12.6. The van der Waals surface area contributed by atoms with E-state index in [4.69, 9.17) is 16.3 Å². The Labute approximate surface area is 154 Å². The summed E-state index contributed by atoms with van der Waals surface area (Å²) in [6.07, 6.45) is 4.05. The summed E-state index contributed by atoms with van der Waals surface area (Å²) in [7, 11) is -3.39. The summed E-state index contributed by atoms with van der Waals surface area (Å²) < 4.78 is 31.2. The quantitative estimate of drug-likeness (QED) is 0.775. The van der Waals surface area contributed by atoms with Crippen LogP contribution in [-0.4, -0.2) is 26.1 Å². The van der Waals surface area contributed by atoms with Gasteiger partial charge in [-0.05, 0) is 51.7 Å². The summed E-state index contributed by atoms with van der Waals surface area (Å²) >= 11 is 6.67. The largest absolute Gasteiger partial charge is 0.371 e. The molecule has 1 heterocycles. The molecule has 0 amide bonds. The number of benzene rings is 1. The van der Waals surface area contributed by atoms with Gasteiger partial charge in [0.25, 0.3) is 0 Å². The highest BCUT2D eigenvalue weighted by Gasteiger charge is 2.36. The van der Waals surface area contributed by atoms with Crippen molar-refractivity contribution >= 4 is 32.8 Å². The molecule has 0 saturated heterocycles. The molecule has 1 atom stereocenters. The minimum absolute atomic E-state index is 0.0470. The van der Waals surface area contributed by atoms with Crippen molar-refractivity contribution in [3.8, 4) is 0 Å². The smallest absolute Gasteiger partial charge is 0.179 e. The number of ketones is 1. The molecule has 0 aromatic heterocycles. The van der Waals surface area contributed by atoms with Gasteiger partial charge in [0.1, 0.15) is 0 Å². The third-order valence-corrected chi connectivity index (χ3v) is 7.05. The minimum Gasteiger partial charge on any atom is -0.371 e. The van der Waals surface area contributed by atoms with E-state index in [1.54, 1.807) is 13.0 Å². The first-order valence-corrected chi connectivity index (χ1v) is 10.7. The van der Waals surface area contributed by atoms with Crippen molar-refractivity contribution in [3.63, 3.8) is 0 Å². The molecule has 25 heavy (non-hydrogen) atoms. The van der Waals surface area contributed by atoms with Gasteiger partial charge < -0.3 is 4.74 Å². The Balaban J connectivity index is 2.25. The Kier molecular flexibility index (Phi) is 5.11. The zero-order valence-electron chi connectivity index (χ0n) is 14.8. The van der Waals surface area contributed by atoms with Crippen molar-refractivity contribution in [1.29, 1.82) is 0 Å². The van der Waals surface area contributed by atoms with Gasteiger partial charge in [-0.15, -0.1) is 0 Å². The number of hydrogen-bond acceptors (Lipinski definition) is 4. The molecule has 0 bridgehead atoms. The normalized spacial score (nSPS) is 22.7. The number of allylic oxidation sites excluding steroid dienone is 2. The van der Waals surface area contributed by atoms with E-state index in [1.807, 2.05) is 19.9 Å². The SMILES string of the molecule is Cc1cc(C2=CCCCC2=O)c(Cl)c2c1S(=O)(=O)CCC2OC(C)C. The first kappa shape index (κ1) is 18.6. The predicted molar refractivity (Wildman–Crippen MR) is 98.7 cm³/mol. The van der Waals surface area contributed by atoms with Crippen LogP contribution in [0.1, 0.15) is 62.3 Å². The van der Waals surface area contributed by atoms with Gasteiger partial charge in [0.05, 0.1) is 27.9 Å². The molecule has 0 radical (unpaired) electrons. The number of halogens is 1. The van der Waals surface area contributed by atoms with Gasteiger partial charge in [0, 0.05) is 23.1 Å². The molecule has 1 unspecified atom stereocenters. The Hall–Kier alpha value is -1.17. The Bertz CT molecular complexity index is 853. The number of Topliss-reactive ketones (excluding diaryl/α,β-unsaturated/α-hetero) is 1. The molecule has 0 N–H and O–H groups in total. The van der Waals surface area contributed by atoms with Crippen LogP contribution in [0.4, 0.5) is 0 Å². The summed E-state index contributed by atoms with van der Waals surface area (Å²) in [4.78, 5) is 12.6. The molecule has 0 spiro atoms. The fourth-order valence-corrected chi connectivity index (χ4v) is 5.96. The summed E-state index contributed by atoms with van der Waals surface area (Å²) in [6.45, 7) is 5.60. The zero-order valence-corrected chi connectivity index (χ0v) is 16.3. The van der Waals surface area contributed by atoms with Gasteiger partial charge in [-0.3, -0.25) is 4.79 Å². The third kappa shape index (κ3) is 3.42. The molecule has 1 aromatic carbocycles. The molecule has 136 valence electrons. The number of rotatable bonds is 3. The molecule has 1 aromatic rings. The average molecular weight is 383 g/mol. The van der Waals surface area contributed by atoms with Crippen molar-refractivity contribution in [1.82, 2.24) is 0 Å². The number of sulfone groups is 1. The van der Waals surface area contributed by atoms with E-state index in [1.165, 1.54) is 0 Å². The molecular weight excluding hydrogens is 360 g/mol. The van der Waals surface area contributed by atoms with Crippen molar-refractivity contribution in [2.45, 2.75) is 63.6 Å². The monoisotopic (exact) mass is 382 g/mol. The highest BCUT2D eigenvalue weighted by atomic mass is 35.5. The van der Waals surface area contributed by atoms with Crippen molar-refractivity contribution < 1.29 is 17.9 Å². The van der Waals surface area contributed by atoms with Crippen LogP contribution in [0.2, 0.25) is 5.02 Å². The first-order valence-electron chi connectivity index (χ1n) is 8.67. The van der Waals surface area contributed by atoms with Crippen LogP contribution in [0.3, 0.4) is 0 Å².